The summed E-state index contributed by atoms with van der Waals surface area (Å²) in [4.78, 5) is 4.18. The second kappa shape index (κ2) is 32.8. The Morgan fingerprint density at radius 1 is 0.506 bits per heavy atom. The van der Waals surface area contributed by atoms with Gasteiger partial charge >= 0.3 is 0 Å². The number of unbranched alkanes of at least 4 members (excludes halogenated alkanes) is 2. The average Bonchev–Trinajstić information content (AvgIpc) is 1.87. The van der Waals surface area contributed by atoms with Crippen molar-refractivity contribution in [2.75, 3.05) is 125 Å². The molecule has 0 amide bonds. The Bertz CT molecular complexity index is 3040. The average molecular weight is 1190 g/mol. The van der Waals surface area contributed by atoms with Crippen molar-refractivity contribution in [1.29, 1.82) is 0 Å². The zero-order chi connectivity index (χ0) is 60.7. The number of likely N-dealkylation sites (N-methyl/N-ethyl adjacent to an activating group) is 1. The smallest absolute Gasteiger partial charge is 0.264 e. The fraction of sp³-hybridized carbons (Fsp3) is 0.471. The van der Waals surface area contributed by atoms with Crippen molar-refractivity contribution in [2.24, 2.45) is 0 Å². The van der Waals surface area contributed by atoms with Gasteiger partial charge in [-0.25, -0.2) is 0 Å². The molecule has 6 aromatic carbocycles. The lowest BCUT2D eigenvalue weighted by atomic mass is 9.66. The van der Waals surface area contributed by atoms with Crippen LogP contribution < -0.4 is 38.2 Å². The predicted molar refractivity (Wildman–Crippen MR) is 334 cm³/mol. The van der Waals surface area contributed by atoms with Gasteiger partial charge < -0.3 is 62.3 Å². The van der Waals surface area contributed by atoms with Crippen LogP contribution in [0.25, 0.3) is 0 Å². The highest BCUT2D eigenvalue weighted by atomic mass is 32.2. The first-order chi connectivity index (χ1) is 41.1. The van der Waals surface area contributed by atoms with Gasteiger partial charge in [-0.05, 0) is 139 Å². The topological polar surface area (TPSA) is 162 Å². The maximum absolute atomic E-state index is 11.2. The third-order valence-electron chi connectivity index (χ3n) is 16.3. The first kappa shape index (κ1) is 66.0. The Kier molecular flexibility index (Phi) is 25.5. The third-order valence-corrected chi connectivity index (χ3v) is 16.9. The minimum Gasteiger partial charge on any atom is -0.492 e. The number of rotatable bonds is 33. The molecule has 0 saturated heterocycles. The van der Waals surface area contributed by atoms with E-state index in [1.807, 2.05) is 62.6 Å². The van der Waals surface area contributed by atoms with Crippen molar-refractivity contribution in [3.8, 4) is 34.5 Å². The number of aryl methyl sites for hydroxylation is 2. The number of aliphatic hydroxyl groups is 1. The molecule has 0 aliphatic carbocycles. The highest BCUT2D eigenvalue weighted by molar-refractivity contribution is 7.85. The first-order valence-electron chi connectivity index (χ1n) is 29.4. The molecule has 0 bridgehead atoms. The molecule has 17 heteroatoms. The van der Waals surface area contributed by atoms with Crippen LogP contribution in [0.2, 0.25) is 0 Å². The van der Waals surface area contributed by atoms with Crippen molar-refractivity contribution in [3.05, 3.63) is 167 Å². The molecule has 462 valence electrons. The van der Waals surface area contributed by atoms with Gasteiger partial charge in [0.2, 0.25) is 0 Å². The highest BCUT2D eigenvalue weighted by Crippen LogP contribution is 2.51. The summed E-state index contributed by atoms with van der Waals surface area (Å²) in [6.45, 7) is 8.27. The summed E-state index contributed by atoms with van der Waals surface area (Å²) in [5.74, 6) is 5.34. The van der Waals surface area contributed by atoms with Gasteiger partial charge in [0, 0.05) is 102 Å². The molecule has 0 spiro atoms. The number of benzene rings is 6. The van der Waals surface area contributed by atoms with Gasteiger partial charge in [-0.15, -0.1) is 0 Å². The lowest BCUT2D eigenvalue weighted by molar-refractivity contribution is 0.0504. The molecule has 0 saturated carbocycles. The van der Waals surface area contributed by atoms with Crippen LogP contribution >= 0.6 is 0 Å². The third kappa shape index (κ3) is 19.0. The Morgan fingerprint density at radius 2 is 0.882 bits per heavy atom. The zero-order valence-electron chi connectivity index (χ0n) is 51.3. The molecule has 4 atom stereocenters. The minimum atomic E-state index is -3.40. The summed E-state index contributed by atoms with van der Waals surface area (Å²) in [7, 11) is 7.07. The SMILES string of the molecule is COCOc1ccc([C@@]2(C)COc3cc(OCOC)ccc3[C@H]2CCCCc2ccc(N(C)CCCOS(C)(=O)=O)cc2)cc1.COCOc1ccc([C@@]2(C)COc3cc(OCOC)ccc3[C@H]2CCCCc2ccc(N(C)CCO)cc2)cc1. The fourth-order valence-corrected chi connectivity index (χ4v) is 11.8. The quantitative estimate of drug-likeness (QED) is 0.0235. The maximum Gasteiger partial charge on any atom is 0.264 e. The van der Waals surface area contributed by atoms with Crippen molar-refractivity contribution >= 4 is 21.5 Å². The van der Waals surface area contributed by atoms with Gasteiger partial charge in [0.05, 0.1) is 32.7 Å². The highest BCUT2D eigenvalue weighted by Gasteiger charge is 2.44. The van der Waals surface area contributed by atoms with Gasteiger partial charge in [0.1, 0.15) is 34.5 Å². The van der Waals surface area contributed by atoms with Crippen LogP contribution in [0, 0.1) is 0 Å². The van der Waals surface area contributed by atoms with E-state index in [0.717, 1.165) is 103 Å². The normalized spacial score (nSPS) is 17.9. The van der Waals surface area contributed by atoms with E-state index >= 15 is 0 Å². The van der Waals surface area contributed by atoms with Crippen LogP contribution in [-0.4, -0.2) is 129 Å². The number of ether oxygens (including phenoxy) is 10. The largest absolute Gasteiger partial charge is 0.492 e. The molecular formula is C68H90N2O14S. The molecule has 16 nitrogen and oxygen atoms in total. The fourth-order valence-electron chi connectivity index (χ4n) is 11.4. The monoisotopic (exact) mass is 1190 g/mol. The second-order valence-corrected chi connectivity index (χ2v) is 24.1. The predicted octanol–water partition coefficient (Wildman–Crippen LogP) is 12.2. The summed E-state index contributed by atoms with van der Waals surface area (Å²) in [6.07, 6.45) is 10.1. The zero-order valence-corrected chi connectivity index (χ0v) is 52.2. The van der Waals surface area contributed by atoms with Crippen LogP contribution in [-0.2, 0) is 56.9 Å². The lowest BCUT2D eigenvalue weighted by Gasteiger charge is -2.43. The number of hydrogen-bond donors (Lipinski definition) is 1. The van der Waals surface area contributed by atoms with Crippen molar-refractivity contribution in [2.45, 2.75) is 94.3 Å². The molecule has 2 aliphatic rings. The van der Waals surface area contributed by atoms with Crippen LogP contribution in [0.3, 0.4) is 0 Å². The van der Waals surface area contributed by atoms with Crippen LogP contribution in [0.1, 0.15) is 104 Å². The molecule has 0 fully saturated rings. The molecule has 1 N–H and O–H groups in total. The van der Waals surface area contributed by atoms with E-state index in [4.69, 9.17) is 51.6 Å². The van der Waals surface area contributed by atoms with E-state index in [1.165, 1.54) is 33.4 Å². The van der Waals surface area contributed by atoms with E-state index in [9.17, 15) is 13.5 Å². The van der Waals surface area contributed by atoms with Gasteiger partial charge in [-0.1, -0.05) is 87.4 Å². The van der Waals surface area contributed by atoms with Crippen LogP contribution in [0.15, 0.2) is 133 Å². The molecule has 85 heavy (non-hydrogen) atoms. The minimum absolute atomic E-state index is 0.153. The Labute approximate surface area is 505 Å². The summed E-state index contributed by atoms with van der Waals surface area (Å²) in [6, 6.07) is 46.1. The number of methoxy groups -OCH3 is 4. The Hall–Kier alpha value is -6.57. The number of hydrogen-bond acceptors (Lipinski definition) is 16. The van der Waals surface area contributed by atoms with E-state index in [1.54, 1.807) is 28.4 Å². The molecule has 0 radical (unpaired) electrons. The molecular weight excluding hydrogens is 1100 g/mol. The van der Waals surface area contributed by atoms with Crippen LogP contribution in [0.5, 0.6) is 34.5 Å². The molecule has 2 aliphatic heterocycles. The van der Waals surface area contributed by atoms with E-state index in [-0.39, 0.29) is 63.1 Å². The molecule has 6 aromatic rings. The first-order valence-corrected chi connectivity index (χ1v) is 31.2. The second-order valence-electron chi connectivity index (χ2n) is 22.4. The van der Waals surface area contributed by atoms with Gasteiger partial charge in [-0.2, -0.15) is 8.42 Å². The molecule has 0 aromatic heterocycles. The summed E-state index contributed by atoms with van der Waals surface area (Å²) in [5, 5.41) is 9.19. The number of aliphatic hydroxyl groups excluding tert-OH is 1. The van der Waals surface area contributed by atoms with Crippen molar-refractivity contribution in [1.82, 2.24) is 0 Å². The van der Waals surface area contributed by atoms with Gasteiger partial charge in [-0.3, -0.25) is 4.18 Å². The number of anilines is 2. The van der Waals surface area contributed by atoms with Crippen molar-refractivity contribution < 1.29 is 65.1 Å². The van der Waals surface area contributed by atoms with E-state index in [2.05, 4.69) is 109 Å². The Balaban J connectivity index is 0.000000245. The Morgan fingerprint density at radius 3 is 1.26 bits per heavy atom. The van der Waals surface area contributed by atoms with E-state index in [0.29, 0.717) is 32.7 Å². The standard InChI is InChI=1S/C35H47NO8S.C33H43NO6/c1-35(28-13-17-30(18-14-28)42-25-39-3)24-41-34-23-31(43-26-40-4)19-20-32(34)33(35)10-7-6-9-27-11-15-29(16-12-27)36(2)21-8-22-44-45(5,37)38;1-33(26-11-15-28(16-12-26)39-23-36-3)22-38-32-21-29(40-24-37-4)17-18-30(32)31(33)8-6-5-7-25-9-13-27(14-10-25)34(2)19-20-35/h11-20,23,33H,6-10,21-22,24-26H2,1-5H3;9-18,21,31,35H,5-8,19-20,22-24H2,1-4H3/t33-,35-;31-,33-/m11/s1. The lowest BCUT2D eigenvalue weighted by Crippen LogP contribution is -2.40. The summed E-state index contributed by atoms with van der Waals surface area (Å²) >= 11 is 0. The van der Waals surface area contributed by atoms with Crippen molar-refractivity contribution in [3.63, 3.8) is 0 Å². The number of fused-ring (bicyclic) bond motifs is 2. The maximum atomic E-state index is 11.2. The van der Waals surface area contributed by atoms with Gasteiger partial charge in [0.15, 0.2) is 27.2 Å². The van der Waals surface area contributed by atoms with E-state index < -0.39 is 10.1 Å². The molecule has 8 rings (SSSR count). The summed E-state index contributed by atoms with van der Waals surface area (Å²) < 4.78 is 82.8. The number of nitrogens with zero attached hydrogens (tertiary/aromatic N) is 2. The summed E-state index contributed by atoms with van der Waals surface area (Å²) in [5.41, 5.74) is 9.30. The molecule has 2 heterocycles. The molecule has 0 unspecified atom stereocenters. The van der Waals surface area contributed by atoms with Gasteiger partial charge in [0.25, 0.3) is 10.1 Å². The van der Waals surface area contributed by atoms with Crippen LogP contribution in [0.4, 0.5) is 11.4 Å².